The van der Waals surface area contributed by atoms with Gasteiger partial charge in [-0.2, -0.15) is 5.26 Å². The smallest absolute Gasteiger partial charge is 0.240 e. The highest BCUT2D eigenvalue weighted by molar-refractivity contribution is 5.76. The van der Waals surface area contributed by atoms with Crippen molar-refractivity contribution in [3.05, 3.63) is 24.0 Å². The Bertz CT molecular complexity index is 450. The first-order chi connectivity index (χ1) is 9.28. The van der Waals surface area contributed by atoms with Crippen molar-refractivity contribution in [3.63, 3.8) is 0 Å². The molecule has 0 spiro atoms. The summed E-state index contributed by atoms with van der Waals surface area (Å²) in [5, 5.41) is 11.9. The zero-order valence-electron chi connectivity index (χ0n) is 11.3. The fourth-order valence-electron chi connectivity index (χ4n) is 2.64. The van der Waals surface area contributed by atoms with Crippen LogP contribution >= 0.6 is 0 Å². The number of carbonyl (C=O) groups is 1. The molecule has 0 unspecified atom stereocenters. The number of aromatic nitrogens is 1. The van der Waals surface area contributed by atoms with Gasteiger partial charge in [0.2, 0.25) is 5.91 Å². The highest BCUT2D eigenvalue weighted by Crippen LogP contribution is 2.17. The Labute approximate surface area is 114 Å². The van der Waals surface area contributed by atoms with Gasteiger partial charge in [0, 0.05) is 18.4 Å². The molecule has 1 N–H and O–H groups in total. The molecule has 1 saturated carbocycles. The predicted octanol–water partition coefficient (Wildman–Crippen LogP) is 2.59. The Morgan fingerprint density at radius 1 is 1.32 bits per heavy atom. The number of hydrogen-bond donors (Lipinski definition) is 1. The van der Waals surface area contributed by atoms with Crippen LogP contribution in [0.5, 0.6) is 0 Å². The fraction of sp³-hybridized carbons (Fsp3) is 0.600. The Morgan fingerprint density at radius 2 is 2.00 bits per heavy atom. The molecule has 0 aliphatic heterocycles. The standard InChI is InChI=1S/C15H21N3O/c16-10-13-8-9-18(11-13)12-15(19)17-14-6-4-2-1-3-5-7-14/h8-9,11,14H,1-7,12H2,(H,17,19). The van der Waals surface area contributed by atoms with Crippen molar-refractivity contribution in [1.82, 2.24) is 9.88 Å². The van der Waals surface area contributed by atoms with Gasteiger partial charge in [0.05, 0.1) is 5.56 Å². The average Bonchev–Trinajstić information content (AvgIpc) is 2.80. The molecular formula is C15H21N3O. The van der Waals surface area contributed by atoms with Crippen molar-refractivity contribution in [2.45, 2.75) is 57.5 Å². The molecule has 1 amide bonds. The summed E-state index contributed by atoms with van der Waals surface area (Å²) in [5.41, 5.74) is 0.596. The van der Waals surface area contributed by atoms with Crippen LogP contribution in [0.3, 0.4) is 0 Å². The van der Waals surface area contributed by atoms with Gasteiger partial charge in [-0.05, 0) is 18.9 Å². The van der Waals surface area contributed by atoms with Crippen molar-refractivity contribution in [2.24, 2.45) is 0 Å². The van der Waals surface area contributed by atoms with Gasteiger partial charge in [-0.15, -0.1) is 0 Å². The number of nitrogens with one attached hydrogen (secondary N) is 1. The third-order valence-corrected chi connectivity index (χ3v) is 3.68. The maximum Gasteiger partial charge on any atom is 0.240 e. The molecule has 1 aliphatic rings. The van der Waals surface area contributed by atoms with Crippen molar-refractivity contribution >= 4 is 5.91 Å². The van der Waals surface area contributed by atoms with Crippen LogP contribution in [0, 0.1) is 11.3 Å². The molecule has 4 heteroatoms. The summed E-state index contributed by atoms with van der Waals surface area (Å²) < 4.78 is 1.76. The second-order valence-corrected chi connectivity index (χ2v) is 5.29. The number of hydrogen-bond acceptors (Lipinski definition) is 2. The zero-order chi connectivity index (χ0) is 13.5. The molecule has 2 rings (SSSR count). The topological polar surface area (TPSA) is 57.8 Å². The maximum absolute atomic E-state index is 12.0. The molecular weight excluding hydrogens is 238 g/mol. The molecule has 0 saturated heterocycles. The van der Waals surface area contributed by atoms with Gasteiger partial charge in [-0.3, -0.25) is 4.79 Å². The maximum atomic E-state index is 12.0. The SMILES string of the molecule is N#Cc1ccn(CC(=O)NC2CCCCCCC2)c1. The molecule has 0 radical (unpaired) electrons. The number of amides is 1. The Hall–Kier alpha value is -1.76. The summed E-state index contributed by atoms with van der Waals surface area (Å²) in [6.07, 6.45) is 12.0. The van der Waals surface area contributed by atoms with E-state index in [2.05, 4.69) is 11.4 Å². The van der Waals surface area contributed by atoms with E-state index in [1.54, 1.807) is 23.0 Å². The number of nitriles is 1. The molecule has 1 aromatic rings. The number of nitrogens with zero attached hydrogens (tertiary/aromatic N) is 2. The Kier molecular flexibility index (Phi) is 5.02. The lowest BCUT2D eigenvalue weighted by Crippen LogP contribution is -2.37. The van der Waals surface area contributed by atoms with Crippen LogP contribution in [0.15, 0.2) is 18.5 Å². The van der Waals surface area contributed by atoms with Crippen molar-refractivity contribution in [3.8, 4) is 6.07 Å². The van der Waals surface area contributed by atoms with Gasteiger partial charge in [0.25, 0.3) is 0 Å². The molecule has 1 fully saturated rings. The lowest BCUT2D eigenvalue weighted by molar-refractivity contribution is -0.122. The minimum atomic E-state index is 0.0469. The fourth-order valence-corrected chi connectivity index (χ4v) is 2.64. The minimum absolute atomic E-state index is 0.0469. The molecule has 0 aromatic carbocycles. The first-order valence-electron chi connectivity index (χ1n) is 7.13. The summed E-state index contributed by atoms with van der Waals surface area (Å²) in [5.74, 6) is 0.0469. The van der Waals surface area contributed by atoms with E-state index in [1.807, 2.05) is 0 Å². The molecule has 1 heterocycles. The Balaban J connectivity index is 1.81. The van der Waals surface area contributed by atoms with E-state index >= 15 is 0 Å². The van der Waals surface area contributed by atoms with Gasteiger partial charge in [-0.1, -0.05) is 32.1 Å². The highest BCUT2D eigenvalue weighted by atomic mass is 16.2. The van der Waals surface area contributed by atoms with Crippen LogP contribution in [0.4, 0.5) is 0 Å². The van der Waals surface area contributed by atoms with E-state index < -0.39 is 0 Å². The van der Waals surface area contributed by atoms with Crippen LogP contribution in [0.25, 0.3) is 0 Å². The third-order valence-electron chi connectivity index (χ3n) is 3.68. The van der Waals surface area contributed by atoms with Gasteiger partial charge >= 0.3 is 0 Å². The second kappa shape index (κ2) is 6.98. The van der Waals surface area contributed by atoms with Crippen molar-refractivity contribution in [2.75, 3.05) is 0 Å². The van der Waals surface area contributed by atoms with Crippen LogP contribution in [-0.4, -0.2) is 16.5 Å². The van der Waals surface area contributed by atoms with Gasteiger partial charge in [-0.25, -0.2) is 0 Å². The highest BCUT2D eigenvalue weighted by Gasteiger charge is 2.14. The predicted molar refractivity (Wildman–Crippen MR) is 73.4 cm³/mol. The number of rotatable bonds is 3. The van der Waals surface area contributed by atoms with E-state index in [9.17, 15) is 4.79 Å². The number of carbonyl (C=O) groups excluding carboxylic acids is 1. The second-order valence-electron chi connectivity index (χ2n) is 5.29. The molecule has 102 valence electrons. The first-order valence-corrected chi connectivity index (χ1v) is 7.13. The van der Waals surface area contributed by atoms with Crippen molar-refractivity contribution in [1.29, 1.82) is 5.26 Å². The van der Waals surface area contributed by atoms with Crippen LogP contribution in [0.1, 0.15) is 50.5 Å². The largest absolute Gasteiger partial charge is 0.352 e. The van der Waals surface area contributed by atoms with E-state index in [-0.39, 0.29) is 5.91 Å². The van der Waals surface area contributed by atoms with Gasteiger partial charge < -0.3 is 9.88 Å². The summed E-state index contributed by atoms with van der Waals surface area (Å²) in [7, 11) is 0. The average molecular weight is 259 g/mol. The van der Waals surface area contributed by atoms with E-state index in [0.717, 1.165) is 12.8 Å². The molecule has 0 bridgehead atoms. The van der Waals surface area contributed by atoms with E-state index in [4.69, 9.17) is 5.26 Å². The summed E-state index contributed by atoms with van der Waals surface area (Å²) in [6, 6.07) is 4.12. The molecule has 1 aliphatic carbocycles. The lowest BCUT2D eigenvalue weighted by Gasteiger charge is -2.21. The monoisotopic (exact) mass is 259 g/mol. The van der Waals surface area contributed by atoms with Gasteiger partial charge in [0.1, 0.15) is 12.6 Å². The first kappa shape index (κ1) is 13.7. The molecule has 4 nitrogen and oxygen atoms in total. The van der Waals surface area contributed by atoms with E-state index in [1.165, 1.54) is 32.1 Å². The summed E-state index contributed by atoms with van der Waals surface area (Å²) >= 11 is 0. The molecule has 19 heavy (non-hydrogen) atoms. The van der Waals surface area contributed by atoms with Crippen LogP contribution < -0.4 is 5.32 Å². The summed E-state index contributed by atoms with van der Waals surface area (Å²) in [4.78, 5) is 12.0. The minimum Gasteiger partial charge on any atom is -0.352 e. The zero-order valence-corrected chi connectivity index (χ0v) is 11.3. The van der Waals surface area contributed by atoms with Gasteiger partial charge in [0.15, 0.2) is 0 Å². The molecule has 1 aromatic heterocycles. The molecule has 0 atom stereocenters. The van der Waals surface area contributed by atoms with Crippen molar-refractivity contribution < 1.29 is 4.79 Å². The normalized spacial score (nSPS) is 17.2. The lowest BCUT2D eigenvalue weighted by atomic mass is 9.97. The summed E-state index contributed by atoms with van der Waals surface area (Å²) in [6.45, 7) is 0.304. The van der Waals surface area contributed by atoms with E-state index in [0.29, 0.717) is 18.2 Å². The Morgan fingerprint density at radius 3 is 2.63 bits per heavy atom. The van der Waals surface area contributed by atoms with Crippen LogP contribution in [-0.2, 0) is 11.3 Å². The van der Waals surface area contributed by atoms with Crippen LogP contribution in [0.2, 0.25) is 0 Å². The third kappa shape index (κ3) is 4.44. The quantitative estimate of drug-likeness (QED) is 0.907.